The van der Waals surface area contributed by atoms with Gasteiger partial charge in [-0.3, -0.25) is 4.79 Å². The molecule has 1 saturated heterocycles. The molecule has 0 unspecified atom stereocenters. The van der Waals surface area contributed by atoms with Crippen LogP contribution in [0, 0.1) is 11.7 Å². The maximum Gasteiger partial charge on any atom is 0.243 e. The molecule has 0 atom stereocenters. The molecule has 0 aliphatic carbocycles. The van der Waals surface area contributed by atoms with E-state index in [0.717, 1.165) is 37.8 Å². The minimum absolute atomic E-state index is 0.0438. The van der Waals surface area contributed by atoms with Gasteiger partial charge in [-0.25, -0.2) is 12.8 Å². The lowest BCUT2D eigenvalue weighted by Gasteiger charge is -2.31. The zero-order valence-electron chi connectivity index (χ0n) is 16.4. The molecule has 1 amide bonds. The molecule has 0 radical (unpaired) electrons. The van der Waals surface area contributed by atoms with E-state index in [9.17, 15) is 17.6 Å². The number of halogens is 1. The van der Waals surface area contributed by atoms with Gasteiger partial charge in [-0.05, 0) is 61.4 Å². The van der Waals surface area contributed by atoms with Crippen LogP contribution in [-0.2, 0) is 21.2 Å². The highest BCUT2D eigenvalue weighted by Crippen LogP contribution is 2.26. The second-order valence-corrected chi connectivity index (χ2v) is 9.36. The molecule has 3 rings (SSSR count). The SMILES string of the molecule is O=C(CCC1CCN(S(=O)(=O)c2ccc(F)cc2)CC1)NCCc1ccccc1. The van der Waals surface area contributed by atoms with Crippen molar-refractivity contribution >= 4 is 15.9 Å². The van der Waals surface area contributed by atoms with Crippen LogP contribution in [-0.4, -0.2) is 38.3 Å². The topological polar surface area (TPSA) is 66.5 Å². The highest BCUT2D eigenvalue weighted by molar-refractivity contribution is 7.89. The van der Waals surface area contributed by atoms with Crippen LogP contribution in [0.25, 0.3) is 0 Å². The first-order valence-corrected chi connectivity index (χ1v) is 11.5. The standard InChI is InChI=1S/C22H27FN2O3S/c23-20-7-9-21(10-8-20)29(27,28)25-16-13-19(14-17-25)6-11-22(26)24-15-12-18-4-2-1-3-5-18/h1-5,7-10,19H,6,11-17H2,(H,24,26). The van der Waals surface area contributed by atoms with Crippen molar-refractivity contribution in [1.82, 2.24) is 9.62 Å². The number of amides is 1. The smallest absolute Gasteiger partial charge is 0.243 e. The molecule has 0 spiro atoms. The number of carbonyl (C=O) groups is 1. The highest BCUT2D eigenvalue weighted by Gasteiger charge is 2.29. The molecule has 0 aromatic heterocycles. The summed E-state index contributed by atoms with van der Waals surface area (Å²) in [6, 6.07) is 15.0. The van der Waals surface area contributed by atoms with Crippen LogP contribution >= 0.6 is 0 Å². The van der Waals surface area contributed by atoms with Gasteiger partial charge in [0.05, 0.1) is 4.90 Å². The number of carbonyl (C=O) groups excluding carboxylic acids is 1. The number of sulfonamides is 1. The molecular formula is C22H27FN2O3S. The molecule has 156 valence electrons. The van der Waals surface area contributed by atoms with E-state index < -0.39 is 15.8 Å². The van der Waals surface area contributed by atoms with E-state index in [1.807, 2.05) is 30.3 Å². The summed E-state index contributed by atoms with van der Waals surface area (Å²) in [6.07, 6.45) is 3.51. The average molecular weight is 419 g/mol. The van der Waals surface area contributed by atoms with Gasteiger partial charge < -0.3 is 5.32 Å². The minimum atomic E-state index is -3.58. The van der Waals surface area contributed by atoms with Crippen molar-refractivity contribution < 1.29 is 17.6 Å². The fourth-order valence-corrected chi connectivity index (χ4v) is 5.08. The van der Waals surface area contributed by atoms with Gasteiger partial charge in [0.2, 0.25) is 15.9 Å². The third-order valence-corrected chi connectivity index (χ3v) is 7.30. The Hall–Kier alpha value is -2.25. The van der Waals surface area contributed by atoms with Crippen molar-refractivity contribution in [3.05, 3.63) is 66.0 Å². The van der Waals surface area contributed by atoms with E-state index in [4.69, 9.17) is 0 Å². The number of piperidine rings is 1. The maximum atomic E-state index is 13.0. The number of nitrogens with one attached hydrogen (secondary N) is 1. The number of benzene rings is 2. The van der Waals surface area contributed by atoms with Crippen molar-refractivity contribution in [1.29, 1.82) is 0 Å². The molecule has 0 saturated carbocycles. The Morgan fingerprint density at radius 1 is 1.03 bits per heavy atom. The second-order valence-electron chi connectivity index (χ2n) is 7.43. The fraction of sp³-hybridized carbons (Fsp3) is 0.409. The second kappa shape index (κ2) is 9.98. The first-order valence-electron chi connectivity index (χ1n) is 10.0. The zero-order valence-corrected chi connectivity index (χ0v) is 17.2. The Morgan fingerprint density at radius 2 is 1.69 bits per heavy atom. The number of nitrogens with zero attached hydrogens (tertiary/aromatic N) is 1. The lowest BCUT2D eigenvalue weighted by molar-refractivity contribution is -0.121. The summed E-state index contributed by atoms with van der Waals surface area (Å²) in [5.41, 5.74) is 1.20. The Labute approximate surface area is 172 Å². The summed E-state index contributed by atoms with van der Waals surface area (Å²) >= 11 is 0. The molecule has 2 aromatic carbocycles. The van der Waals surface area contributed by atoms with Crippen LogP contribution < -0.4 is 5.32 Å². The van der Waals surface area contributed by atoms with Crippen molar-refractivity contribution in [2.45, 2.75) is 37.0 Å². The Kier molecular flexibility index (Phi) is 7.39. The monoisotopic (exact) mass is 418 g/mol. The van der Waals surface area contributed by atoms with Crippen LogP contribution in [0.1, 0.15) is 31.2 Å². The number of hydrogen-bond donors (Lipinski definition) is 1. The Morgan fingerprint density at radius 3 is 2.34 bits per heavy atom. The molecule has 1 aliphatic rings. The summed E-state index contributed by atoms with van der Waals surface area (Å²) in [7, 11) is -3.58. The van der Waals surface area contributed by atoms with Gasteiger partial charge in [-0.15, -0.1) is 0 Å². The summed E-state index contributed by atoms with van der Waals surface area (Å²) in [5, 5.41) is 2.95. The predicted octanol–water partition coefficient (Wildman–Crippen LogP) is 3.37. The summed E-state index contributed by atoms with van der Waals surface area (Å²) < 4.78 is 39.8. The third-order valence-electron chi connectivity index (χ3n) is 5.38. The van der Waals surface area contributed by atoms with E-state index in [2.05, 4.69) is 5.32 Å². The van der Waals surface area contributed by atoms with Gasteiger partial charge in [0.1, 0.15) is 5.82 Å². The third kappa shape index (κ3) is 6.11. The summed E-state index contributed by atoms with van der Waals surface area (Å²) in [6.45, 7) is 1.48. The van der Waals surface area contributed by atoms with Gasteiger partial charge in [0.25, 0.3) is 0 Å². The largest absolute Gasteiger partial charge is 0.356 e. The molecule has 29 heavy (non-hydrogen) atoms. The predicted molar refractivity (Wildman–Crippen MR) is 110 cm³/mol. The van der Waals surface area contributed by atoms with Crippen LogP contribution in [0.15, 0.2) is 59.5 Å². The maximum absolute atomic E-state index is 13.0. The molecule has 5 nitrogen and oxygen atoms in total. The van der Waals surface area contributed by atoms with Crippen molar-refractivity contribution in [2.75, 3.05) is 19.6 Å². The van der Waals surface area contributed by atoms with Gasteiger partial charge in [0.15, 0.2) is 0 Å². The van der Waals surface area contributed by atoms with Crippen molar-refractivity contribution in [3.63, 3.8) is 0 Å². The molecule has 1 heterocycles. The Bertz CT molecular complexity index is 893. The van der Waals surface area contributed by atoms with Gasteiger partial charge in [0, 0.05) is 26.1 Å². The van der Waals surface area contributed by atoms with Crippen LogP contribution in [0.4, 0.5) is 4.39 Å². The number of rotatable bonds is 8. The molecular weight excluding hydrogens is 391 g/mol. The van der Waals surface area contributed by atoms with E-state index in [-0.39, 0.29) is 10.8 Å². The summed E-state index contributed by atoms with van der Waals surface area (Å²) in [4.78, 5) is 12.2. The lowest BCUT2D eigenvalue weighted by atomic mass is 9.93. The normalized spacial score (nSPS) is 15.9. The highest BCUT2D eigenvalue weighted by atomic mass is 32.2. The van der Waals surface area contributed by atoms with Gasteiger partial charge >= 0.3 is 0 Å². The first-order chi connectivity index (χ1) is 13.9. The first kappa shape index (κ1) is 21.5. The van der Waals surface area contributed by atoms with Crippen LogP contribution in [0.5, 0.6) is 0 Å². The molecule has 1 aliphatic heterocycles. The van der Waals surface area contributed by atoms with Gasteiger partial charge in [-0.1, -0.05) is 30.3 Å². The van der Waals surface area contributed by atoms with E-state index in [0.29, 0.717) is 32.0 Å². The van der Waals surface area contributed by atoms with E-state index in [1.54, 1.807) is 0 Å². The molecule has 7 heteroatoms. The zero-order chi connectivity index (χ0) is 20.7. The van der Waals surface area contributed by atoms with Crippen molar-refractivity contribution in [2.24, 2.45) is 5.92 Å². The molecule has 1 fully saturated rings. The van der Waals surface area contributed by atoms with Gasteiger partial charge in [-0.2, -0.15) is 4.31 Å². The minimum Gasteiger partial charge on any atom is -0.356 e. The lowest BCUT2D eigenvalue weighted by Crippen LogP contribution is -2.38. The van der Waals surface area contributed by atoms with Crippen LogP contribution in [0.2, 0.25) is 0 Å². The molecule has 2 aromatic rings. The molecule has 1 N–H and O–H groups in total. The van der Waals surface area contributed by atoms with E-state index in [1.165, 1.54) is 22.0 Å². The van der Waals surface area contributed by atoms with Crippen LogP contribution in [0.3, 0.4) is 0 Å². The molecule has 0 bridgehead atoms. The Balaban J connectivity index is 1.38. The number of hydrogen-bond acceptors (Lipinski definition) is 3. The quantitative estimate of drug-likeness (QED) is 0.715. The summed E-state index contributed by atoms with van der Waals surface area (Å²) in [5.74, 6) is -0.0680. The fourth-order valence-electron chi connectivity index (χ4n) is 3.61. The van der Waals surface area contributed by atoms with E-state index >= 15 is 0 Å². The van der Waals surface area contributed by atoms with Crippen molar-refractivity contribution in [3.8, 4) is 0 Å². The average Bonchev–Trinajstić information content (AvgIpc) is 2.74.